The predicted molar refractivity (Wildman–Crippen MR) is 137 cm³/mol. The first-order valence-corrected chi connectivity index (χ1v) is 12.8. The van der Waals surface area contributed by atoms with E-state index in [1.165, 1.54) is 30.6 Å². The van der Waals surface area contributed by atoms with Gasteiger partial charge in [-0.15, -0.1) is 12.4 Å². The maximum absolute atomic E-state index is 13.1. The van der Waals surface area contributed by atoms with Gasteiger partial charge in [0.1, 0.15) is 5.75 Å². The second-order valence-electron chi connectivity index (χ2n) is 7.63. The number of carbonyl (C=O) groups is 1. The molecule has 7 nitrogen and oxygen atoms in total. The lowest BCUT2D eigenvalue weighted by atomic mass is 10.2. The van der Waals surface area contributed by atoms with Crippen molar-refractivity contribution in [2.75, 3.05) is 44.9 Å². The molecular formula is C22H27Cl2N3O4S2. The molecule has 1 heterocycles. The Bertz CT molecular complexity index is 1170. The molecule has 1 aromatic heterocycles. The zero-order valence-corrected chi connectivity index (χ0v) is 22.1. The molecule has 0 radical (unpaired) electrons. The van der Waals surface area contributed by atoms with Crippen LogP contribution in [0.15, 0.2) is 41.3 Å². The van der Waals surface area contributed by atoms with Crippen LogP contribution in [0.3, 0.4) is 0 Å². The Balaban J connectivity index is 0.00000385. The highest BCUT2D eigenvalue weighted by Crippen LogP contribution is 2.35. The van der Waals surface area contributed by atoms with Gasteiger partial charge in [0, 0.05) is 19.5 Å². The van der Waals surface area contributed by atoms with Gasteiger partial charge in [-0.25, -0.2) is 13.4 Å². The second kappa shape index (κ2) is 11.5. The van der Waals surface area contributed by atoms with Crippen molar-refractivity contribution >= 4 is 66.4 Å². The van der Waals surface area contributed by atoms with E-state index < -0.39 is 9.84 Å². The molecule has 0 saturated carbocycles. The van der Waals surface area contributed by atoms with E-state index in [0.29, 0.717) is 29.0 Å². The molecule has 0 atom stereocenters. The van der Waals surface area contributed by atoms with E-state index >= 15 is 0 Å². The number of anilines is 1. The molecule has 0 bridgehead atoms. The number of halogens is 2. The first kappa shape index (κ1) is 27.3. The summed E-state index contributed by atoms with van der Waals surface area (Å²) >= 11 is 7.68. The van der Waals surface area contributed by atoms with Crippen molar-refractivity contribution in [3.63, 3.8) is 0 Å². The van der Waals surface area contributed by atoms with Crippen LogP contribution < -0.4 is 9.64 Å². The van der Waals surface area contributed by atoms with E-state index in [1.807, 2.05) is 38.1 Å². The van der Waals surface area contributed by atoms with Crippen LogP contribution in [0.4, 0.5) is 5.13 Å². The minimum Gasteiger partial charge on any atom is -0.497 e. The minimum atomic E-state index is -3.62. The standard InChI is InChI=1S/C22H26ClN3O4S2.ClH/c1-15-5-10-18(23)21-20(15)24-22(31-21)26(13-12-25(2)3)19(27)11-14-32(28,29)17-8-6-16(30-4)7-9-17;/h5-10H,11-14H2,1-4H3;1H. The highest BCUT2D eigenvalue weighted by molar-refractivity contribution is 7.91. The van der Waals surface area contributed by atoms with Crippen LogP contribution in [0.25, 0.3) is 10.2 Å². The molecule has 11 heteroatoms. The van der Waals surface area contributed by atoms with Crippen LogP contribution >= 0.6 is 35.3 Å². The third kappa shape index (κ3) is 6.58. The molecule has 0 aliphatic carbocycles. The summed E-state index contributed by atoms with van der Waals surface area (Å²) in [6, 6.07) is 9.86. The maximum Gasteiger partial charge on any atom is 0.229 e. The van der Waals surface area contributed by atoms with Gasteiger partial charge in [0.2, 0.25) is 5.91 Å². The van der Waals surface area contributed by atoms with E-state index in [2.05, 4.69) is 4.98 Å². The summed E-state index contributed by atoms with van der Waals surface area (Å²) in [7, 11) is 1.72. The lowest BCUT2D eigenvalue weighted by molar-refractivity contribution is -0.118. The number of likely N-dealkylation sites (N-methyl/N-ethyl adjacent to an activating group) is 1. The predicted octanol–water partition coefficient (Wildman–Crippen LogP) is 4.45. The highest BCUT2D eigenvalue weighted by atomic mass is 35.5. The van der Waals surface area contributed by atoms with Crippen LogP contribution in [0.5, 0.6) is 5.75 Å². The fraction of sp³-hybridized carbons (Fsp3) is 0.364. The van der Waals surface area contributed by atoms with E-state index in [9.17, 15) is 13.2 Å². The molecule has 0 aliphatic rings. The summed E-state index contributed by atoms with van der Waals surface area (Å²) in [6.07, 6.45) is -0.148. The summed E-state index contributed by atoms with van der Waals surface area (Å²) < 4.78 is 31.4. The molecule has 33 heavy (non-hydrogen) atoms. The van der Waals surface area contributed by atoms with Crippen LogP contribution in [-0.2, 0) is 14.6 Å². The summed E-state index contributed by atoms with van der Waals surface area (Å²) in [6.45, 7) is 2.94. The molecule has 0 unspecified atom stereocenters. The molecule has 0 saturated heterocycles. The summed E-state index contributed by atoms with van der Waals surface area (Å²) in [5.74, 6) is -0.0159. The zero-order chi connectivity index (χ0) is 23.5. The van der Waals surface area contributed by atoms with Gasteiger partial charge in [-0.3, -0.25) is 9.69 Å². The Morgan fingerprint density at radius 2 is 1.79 bits per heavy atom. The van der Waals surface area contributed by atoms with Gasteiger partial charge < -0.3 is 9.64 Å². The number of aromatic nitrogens is 1. The highest BCUT2D eigenvalue weighted by Gasteiger charge is 2.24. The second-order valence-corrected chi connectivity index (χ2v) is 11.1. The number of sulfone groups is 1. The van der Waals surface area contributed by atoms with Crippen molar-refractivity contribution in [2.45, 2.75) is 18.2 Å². The van der Waals surface area contributed by atoms with Crippen molar-refractivity contribution in [3.05, 3.63) is 47.0 Å². The van der Waals surface area contributed by atoms with Crippen LogP contribution in [0, 0.1) is 6.92 Å². The molecule has 3 rings (SSSR count). The maximum atomic E-state index is 13.1. The number of fused-ring (bicyclic) bond motifs is 1. The molecule has 0 N–H and O–H groups in total. The van der Waals surface area contributed by atoms with E-state index in [-0.39, 0.29) is 35.4 Å². The number of thiazole rings is 1. The van der Waals surface area contributed by atoms with Crippen molar-refractivity contribution in [1.82, 2.24) is 9.88 Å². The van der Waals surface area contributed by atoms with Crippen molar-refractivity contribution in [2.24, 2.45) is 0 Å². The molecule has 0 aliphatic heterocycles. The monoisotopic (exact) mass is 531 g/mol. The summed E-state index contributed by atoms with van der Waals surface area (Å²) in [5, 5.41) is 1.10. The Morgan fingerprint density at radius 1 is 1.12 bits per heavy atom. The zero-order valence-electron chi connectivity index (χ0n) is 18.9. The number of nitrogens with zero attached hydrogens (tertiary/aromatic N) is 3. The average molecular weight is 533 g/mol. The Labute approximate surface area is 209 Å². The molecule has 0 spiro atoms. The number of carbonyl (C=O) groups excluding carboxylic acids is 1. The van der Waals surface area contributed by atoms with E-state index in [0.717, 1.165) is 15.8 Å². The smallest absolute Gasteiger partial charge is 0.229 e. The lowest BCUT2D eigenvalue weighted by Crippen LogP contribution is -2.37. The van der Waals surface area contributed by atoms with Gasteiger partial charge >= 0.3 is 0 Å². The summed E-state index contributed by atoms with van der Waals surface area (Å²) in [5.41, 5.74) is 1.72. The average Bonchev–Trinajstić information content (AvgIpc) is 3.21. The number of aryl methyl sites for hydroxylation is 1. The van der Waals surface area contributed by atoms with Gasteiger partial charge in [-0.1, -0.05) is 29.0 Å². The van der Waals surface area contributed by atoms with Crippen LogP contribution in [-0.4, -0.2) is 64.3 Å². The molecular weight excluding hydrogens is 505 g/mol. The van der Waals surface area contributed by atoms with Crippen LogP contribution in [0.1, 0.15) is 12.0 Å². The Hall–Kier alpha value is -1.91. The van der Waals surface area contributed by atoms with E-state index in [1.54, 1.807) is 17.0 Å². The number of rotatable bonds is 9. The SMILES string of the molecule is COc1ccc(S(=O)(=O)CCC(=O)N(CCN(C)C)c2nc3c(C)ccc(Cl)c3s2)cc1.Cl. The third-order valence-corrected chi connectivity index (χ3v) is 8.26. The fourth-order valence-corrected chi connectivity index (χ4v) is 5.68. The Kier molecular flexibility index (Phi) is 9.51. The topological polar surface area (TPSA) is 79.8 Å². The molecule has 3 aromatic rings. The third-order valence-electron chi connectivity index (χ3n) is 4.99. The first-order valence-electron chi connectivity index (χ1n) is 10.00. The van der Waals surface area contributed by atoms with E-state index in [4.69, 9.17) is 16.3 Å². The number of hydrogen-bond acceptors (Lipinski definition) is 7. The van der Waals surface area contributed by atoms with Crippen molar-refractivity contribution in [1.29, 1.82) is 0 Å². The molecule has 0 fully saturated rings. The van der Waals surface area contributed by atoms with Gasteiger partial charge in [0.15, 0.2) is 15.0 Å². The summed E-state index contributed by atoms with van der Waals surface area (Å²) in [4.78, 5) is 21.5. The fourth-order valence-electron chi connectivity index (χ4n) is 3.09. The number of hydrogen-bond donors (Lipinski definition) is 0. The van der Waals surface area contributed by atoms with Crippen molar-refractivity contribution < 1.29 is 17.9 Å². The van der Waals surface area contributed by atoms with Crippen LogP contribution in [0.2, 0.25) is 5.02 Å². The molecule has 2 aromatic carbocycles. The Morgan fingerprint density at radius 3 is 2.36 bits per heavy atom. The number of ether oxygens (including phenoxy) is 1. The van der Waals surface area contributed by atoms with Crippen molar-refractivity contribution in [3.8, 4) is 5.75 Å². The number of amides is 1. The number of benzene rings is 2. The van der Waals surface area contributed by atoms with Gasteiger partial charge in [0.05, 0.1) is 33.0 Å². The quantitative estimate of drug-likeness (QED) is 0.405. The first-order chi connectivity index (χ1) is 15.1. The number of methoxy groups -OCH3 is 1. The van der Waals surface area contributed by atoms with Gasteiger partial charge in [-0.05, 0) is 56.9 Å². The van der Waals surface area contributed by atoms with Gasteiger partial charge in [0.25, 0.3) is 0 Å². The molecule has 1 amide bonds. The lowest BCUT2D eigenvalue weighted by Gasteiger charge is -2.22. The largest absolute Gasteiger partial charge is 0.497 e. The van der Waals surface area contributed by atoms with Gasteiger partial charge in [-0.2, -0.15) is 0 Å². The normalized spacial score (nSPS) is 11.5. The minimum absolute atomic E-state index is 0. The molecule has 180 valence electrons.